The third kappa shape index (κ3) is 5.02. The number of amides is 2. The molecule has 2 amide bonds. The molecule has 2 N–H and O–H groups in total. The number of hydrogen-bond acceptors (Lipinski definition) is 3. The number of ether oxygens (including phenoxy) is 1. The van der Waals surface area contributed by atoms with E-state index < -0.39 is 0 Å². The second kappa shape index (κ2) is 7.43. The molecular weight excluding hydrogens is 268 g/mol. The van der Waals surface area contributed by atoms with Crippen molar-refractivity contribution < 1.29 is 14.6 Å². The number of aliphatic hydroxyl groups excluding tert-OH is 1. The molecule has 5 heteroatoms. The molecule has 21 heavy (non-hydrogen) atoms. The van der Waals surface area contributed by atoms with Gasteiger partial charge in [-0.3, -0.25) is 0 Å². The first kappa shape index (κ1) is 15.8. The van der Waals surface area contributed by atoms with Gasteiger partial charge in [-0.15, -0.1) is 0 Å². The fourth-order valence-corrected chi connectivity index (χ4v) is 1.90. The fraction of sp³-hybridized carbons (Fsp3) is 0.562. The van der Waals surface area contributed by atoms with Crippen LogP contribution in [0.25, 0.3) is 0 Å². The summed E-state index contributed by atoms with van der Waals surface area (Å²) in [5.41, 5.74) is 1.79. The highest BCUT2D eigenvalue weighted by molar-refractivity contribution is 5.89. The zero-order chi connectivity index (χ0) is 15.2. The highest BCUT2D eigenvalue weighted by atomic mass is 16.5. The number of likely N-dealkylation sites (N-methyl/N-ethyl adjacent to an activating group) is 1. The van der Waals surface area contributed by atoms with E-state index in [1.165, 1.54) is 17.7 Å². The number of carbonyl (C=O) groups is 1. The first-order chi connectivity index (χ1) is 10.1. The Morgan fingerprint density at radius 3 is 2.95 bits per heavy atom. The van der Waals surface area contributed by atoms with E-state index in [4.69, 9.17) is 9.84 Å². The summed E-state index contributed by atoms with van der Waals surface area (Å²) in [4.78, 5) is 13.5. The Balaban J connectivity index is 1.85. The van der Waals surface area contributed by atoms with Crippen LogP contribution in [-0.4, -0.2) is 42.3 Å². The summed E-state index contributed by atoms with van der Waals surface area (Å²) in [6.45, 7) is 3.14. The lowest BCUT2D eigenvalue weighted by Gasteiger charge is -2.23. The largest absolute Gasteiger partial charge is 0.394 e. The van der Waals surface area contributed by atoms with Gasteiger partial charge in [0.15, 0.2) is 0 Å². The number of urea groups is 1. The van der Waals surface area contributed by atoms with Crippen molar-refractivity contribution in [2.75, 3.05) is 25.6 Å². The first-order valence-electron chi connectivity index (χ1n) is 7.41. The Morgan fingerprint density at radius 1 is 1.52 bits per heavy atom. The Hall–Kier alpha value is -1.59. The number of nitrogens with zero attached hydrogens (tertiary/aromatic N) is 1. The average molecular weight is 292 g/mol. The lowest BCUT2D eigenvalue weighted by molar-refractivity contribution is 0.111. The van der Waals surface area contributed by atoms with Gasteiger partial charge < -0.3 is 20.1 Å². The van der Waals surface area contributed by atoms with E-state index in [-0.39, 0.29) is 18.7 Å². The molecule has 1 aliphatic rings. The molecule has 5 nitrogen and oxygen atoms in total. The molecule has 0 heterocycles. The number of anilines is 1. The maximum absolute atomic E-state index is 12.0. The summed E-state index contributed by atoms with van der Waals surface area (Å²) < 4.78 is 5.65. The average Bonchev–Trinajstić information content (AvgIpc) is 3.30. The van der Waals surface area contributed by atoms with Crippen molar-refractivity contribution in [1.82, 2.24) is 4.90 Å². The van der Waals surface area contributed by atoms with E-state index >= 15 is 0 Å². The lowest BCUT2D eigenvalue weighted by atomic mass is 10.2. The molecule has 116 valence electrons. The minimum Gasteiger partial charge on any atom is -0.394 e. The second-order valence-corrected chi connectivity index (χ2v) is 5.73. The van der Waals surface area contributed by atoms with Crippen LogP contribution in [0.5, 0.6) is 0 Å². The summed E-state index contributed by atoms with van der Waals surface area (Å²) in [5.74, 6) is 0.751. The maximum atomic E-state index is 12.0. The van der Waals surface area contributed by atoms with E-state index in [9.17, 15) is 4.79 Å². The van der Waals surface area contributed by atoms with Gasteiger partial charge in [-0.2, -0.15) is 0 Å². The van der Waals surface area contributed by atoms with Crippen molar-refractivity contribution >= 4 is 11.7 Å². The Bertz CT molecular complexity index is 474. The van der Waals surface area contributed by atoms with Gasteiger partial charge in [0.1, 0.15) is 0 Å². The number of benzene rings is 1. The quantitative estimate of drug-likeness (QED) is 0.811. The number of rotatable bonds is 7. The maximum Gasteiger partial charge on any atom is 0.321 e. The van der Waals surface area contributed by atoms with Gasteiger partial charge in [0.05, 0.1) is 19.3 Å². The van der Waals surface area contributed by atoms with Crippen LogP contribution in [0.4, 0.5) is 10.5 Å². The molecule has 1 aromatic carbocycles. The third-order valence-corrected chi connectivity index (χ3v) is 3.74. The molecule has 0 spiro atoms. The smallest absolute Gasteiger partial charge is 0.321 e. The predicted molar refractivity (Wildman–Crippen MR) is 82.2 cm³/mol. The van der Waals surface area contributed by atoms with Crippen molar-refractivity contribution in [3.05, 3.63) is 29.8 Å². The minimum atomic E-state index is -0.229. The van der Waals surface area contributed by atoms with Crippen LogP contribution in [0.1, 0.15) is 25.3 Å². The topological polar surface area (TPSA) is 61.8 Å². The molecule has 0 saturated heterocycles. The van der Waals surface area contributed by atoms with E-state index in [1.54, 1.807) is 14.0 Å². The van der Waals surface area contributed by atoms with Crippen molar-refractivity contribution in [3.8, 4) is 0 Å². The summed E-state index contributed by atoms with van der Waals surface area (Å²) in [6, 6.07) is 7.22. The summed E-state index contributed by atoms with van der Waals surface area (Å²) in [6.07, 6.45) is 2.57. The Morgan fingerprint density at radius 2 is 2.29 bits per heavy atom. The molecule has 1 atom stereocenters. The molecule has 1 unspecified atom stereocenters. The van der Waals surface area contributed by atoms with Gasteiger partial charge in [0, 0.05) is 19.3 Å². The zero-order valence-corrected chi connectivity index (χ0v) is 12.7. The molecule has 2 rings (SSSR count). The lowest BCUT2D eigenvalue weighted by Crippen LogP contribution is -2.40. The van der Waals surface area contributed by atoms with Crippen LogP contribution < -0.4 is 5.32 Å². The van der Waals surface area contributed by atoms with Gasteiger partial charge in [-0.1, -0.05) is 12.1 Å². The second-order valence-electron chi connectivity index (χ2n) is 5.73. The molecule has 0 aliphatic heterocycles. The van der Waals surface area contributed by atoms with Gasteiger partial charge in [0.25, 0.3) is 0 Å². The standard InChI is InChI=1S/C16H24N2O3/c1-12(9-19)18(2)16(20)17-15-5-3-4-14(8-15)11-21-10-13-6-7-13/h3-5,8,12-13,19H,6-7,9-11H2,1-2H3,(H,17,20). The summed E-state index contributed by atoms with van der Waals surface area (Å²) in [5, 5.41) is 11.9. The number of nitrogens with one attached hydrogen (secondary N) is 1. The van der Waals surface area contributed by atoms with Gasteiger partial charge in [-0.05, 0) is 43.4 Å². The number of hydrogen-bond donors (Lipinski definition) is 2. The van der Waals surface area contributed by atoms with Crippen molar-refractivity contribution in [2.45, 2.75) is 32.4 Å². The van der Waals surface area contributed by atoms with Crippen LogP contribution in [0.15, 0.2) is 24.3 Å². The highest BCUT2D eigenvalue weighted by Gasteiger charge is 2.21. The summed E-state index contributed by atoms with van der Waals surface area (Å²) in [7, 11) is 1.67. The normalized spacial score (nSPS) is 15.6. The van der Waals surface area contributed by atoms with Gasteiger partial charge in [-0.25, -0.2) is 4.79 Å². The fourth-order valence-electron chi connectivity index (χ4n) is 1.90. The molecule has 1 saturated carbocycles. The molecule has 1 aliphatic carbocycles. The van der Waals surface area contributed by atoms with E-state index in [1.807, 2.05) is 24.3 Å². The van der Waals surface area contributed by atoms with Crippen LogP contribution >= 0.6 is 0 Å². The first-order valence-corrected chi connectivity index (χ1v) is 7.41. The molecule has 1 aromatic rings. The SMILES string of the molecule is CC(CO)N(C)C(=O)Nc1cccc(COCC2CC2)c1. The highest BCUT2D eigenvalue weighted by Crippen LogP contribution is 2.29. The zero-order valence-electron chi connectivity index (χ0n) is 12.7. The molecule has 0 radical (unpaired) electrons. The van der Waals surface area contributed by atoms with Crippen LogP contribution in [0.2, 0.25) is 0 Å². The third-order valence-electron chi connectivity index (χ3n) is 3.74. The molecule has 0 bridgehead atoms. The van der Waals surface area contributed by atoms with Crippen molar-refractivity contribution in [2.24, 2.45) is 5.92 Å². The van der Waals surface area contributed by atoms with Gasteiger partial charge >= 0.3 is 6.03 Å². The van der Waals surface area contributed by atoms with Crippen molar-refractivity contribution in [1.29, 1.82) is 0 Å². The molecule has 0 aromatic heterocycles. The van der Waals surface area contributed by atoms with Crippen LogP contribution in [-0.2, 0) is 11.3 Å². The Labute approximate surface area is 125 Å². The predicted octanol–water partition coefficient (Wildman–Crippen LogP) is 2.46. The van der Waals surface area contributed by atoms with Gasteiger partial charge in [0.2, 0.25) is 0 Å². The van der Waals surface area contributed by atoms with E-state index in [0.29, 0.717) is 6.61 Å². The van der Waals surface area contributed by atoms with E-state index in [2.05, 4.69) is 5.32 Å². The molecular formula is C16H24N2O3. The van der Waals surface area contributed by atoms with Crippen molar-refractivity contribution in [3.63, 3.8) is 0 Å². The number of aliphatic hydroxyl groups is 1. The molecule has 1 fully saturated rings. The monoisotopic (exact) mass is 292 g/mol. The minimum absolute atomic E-state index is 0.0566. The van der Waals surface area contributed by atoms with Crippen LogP contribution in [0, 0.1) is 5.92 Å². The number of carbonyl (C=O) groups excluding carboxylic acids is 1. The van der Waals surface area contributed by atoms with Crippen LogP contribution in [0.3, 0.4) is 0 Å². The van der Waals surface area contributed by atoms with E-state index in [0.717, 1.165) is 23.8 Å². The Kier molecular flexibility index (Phi) is 5.59. The summed E-state index contributed by atoms with van der Waals surface area (Å²) >= 11 is 0.